The van der Waals surface area contributed by atoms with E-state index in [-0.39, 0.29) is 5.91 Å². The minimum Gasteiger partial charge on any atom is -0.481 e. The van der Waals surface area contributed by atoms with Gasteiger partial charge in [0.15, 0.2) is 11.2 Å². The van der Waals surface area contributed by atoms with Gasteiger partial charge in [0.1, 0.15) is 5.75 Å². The lowest BCUT2D eigenvalue weighted by atomic mass is 10.3. The van der Waals surface area contributed by atoms with Crippen LogP contribution in [0.25, 0.3) is 0 Å². The molecular formula is C15H24BrN4O2S+. The third-order valence-corrected chi connectivity index (χ3v) is 3.66. The summed E-state index contributed by atoms with van der Waals surface area (Å²) in [6.07, 6.45) is 0.359. The van der Waals surface area contributed by atoms with Crippen LogP contribution in [-0.2, 0) is 4.79 Å². The van der Waals surface area contributed by atoms with Crippen molar-refractivity contribution in [2.45, 2.75) is 19.4 Å². The smallest absolute Gasteiger partial charge is 0.279 e. The normalized spacial score (nSPS) is 11.7. The molecule has 0 heterocycles. The van der Waals surface area contributed by atoms with Crippen LogP contribution < -0.4 is 25.8 Å². The molecule has 1 amide bonds. The van der Waals surface area contributed by atoms with Gasteiger partial charge in [0.05, 0.1) is 20.6 Å². The number of rotatable bonds is 7. The van der Waals surface area contributed by atoms with E-state index in [1.54, 1.807) is 19.1 Å². The summed E-state index contributed by atoms with van der Waals surface area (Å²) in [4.78, 5) is 13.3. The minimum atomic E-state index is -0.642. The summed E-state index contributed by atoms with van der Waals surface area (Å²) in [6, 6.07) is 7.33. The number of thiocarbonyl (C=S) groups is 1. The van der Waals surface area contributed by atoms with Gasteiger partial charge >= 0.3 is 0 Å². The van der Waals surface area contributed by atoms with Crippen LogP contribution in [0.5, 0.6) is 5.75 Å². The third kappa shape index (κ3) is 8.73. The molecule has 128 valence electrons. The lowest BCUT2D eigenvalue weighted by molar-refractivity contribution is -0.858. The number of nitrogens with one attached hydrogen (secondary N) is 4. The predicted octanol–water partition coefficient (Wildman–Crippen LogP) is 0.246. The first-order valence-electron chi connectivity index (χ1n) is 7.43. The monoisotopic (exact) mass is 403 g/mol. The van der Waals surface area contributed by atoms with E-state index in [1.807, 2.05) is 12.1 Å². The molecule has 8 heteroatoms. The summed E-state index contributed by atoms with van der Waals surface area (Å²) in [7, 11) is 4.20. The molecule has 23 heavy (non-hydrogen) atoms. The van der Waals surface area contributed by atoms with Crippen LogP contribution in [0.2, 0.25) is 0 Å². The van der Waals surface area contributed by atoms with Crippen LogP contribution in [0.4, 0.5) is 0 Å². The van der Waals surface area contributed by atoms with E-state index < -0.39 is 6.10 Å². The van der Waals surface area contributed by atoms with Crippen molar-refractivity contribution in [3.8, 4) is 5.75 Å². The van der Waals surface area contributed by atoms with E-state index in [0.717, 1.165) is 24.0 Å². The highest BCUT2D eigenvalue weighted by Gasteiger charge is 2.14. The molecule has 0 aromatic heterocycles. The fourth-order valence-electron chi connectivity index (χ4n) is 1.71. The van der Waals surface area contributed by atoms with Gasteiger partial charge in [-0.3, -0.25) is 15.6 Å². The maximum absolute atomic E-state index is 12.0. The van der Waals surface area contributed by atoms with Crippen LogP contribution in [0.3, 0.4) is 0 Å². The Bertz CT molecular complexity index is 528. The largest absolute Gasteiger partial charge is 0.481 e. The van der Waals surface area contributed by atoms with E-state index in [2.05, 4.69) is 46.2 Å². The van der Waals surface area contributed by atoms with E-state index in [9.17, 15) is 4.79 Å². The molecule has 0 spiro atoms. The molecule has 4 N–H and O–H groups in total. The van der Waals surface area contributed by atoms with Crippen molar-refractivity contribution in [2.75, 3.05) is 27.2 Å². The number of benzene rings is 1. The van der Waals surface area contributed by atoms with Gasteiger partial charge in [0.25, 0.3) is 5.91 Å². The van der Waals surface area contributed by atoms with Crippen molar-refractivity contribution in [1.29, 1.82) is 0 Å². The average molecular weight is 404 g/mol. The number of carbonyl (C=O) groups is 1. The zero-order valence-electron chi connectivity index (χ0n) is 13.6. The Labute approximate surface area is 151 Å². The fraction of sp³-hybridized carbons (Fsp3) is 0.467. The maximum atomic E-state index is 12.0. The van der Waals surface area contributed by atoms with Crippen molar-refractivity contribution >= 4 is 39.2 Å². The molecule has 0 unspecified atom stereocenters. The van der Waals surface area contributed by atoms with Crippen molar-refractivity contribution < 1.29 is 14.4 Å². The van der Waals surface area contributed by atoms with Gasteiger partial charge in [-0.15, -0.1) is 0 Å². The number of amides is 1. The van der Waals surface area contributed by atoms with Crippen molar-refractivity contribution in [2.24, 2.45) is 0 Å². The minimum absolute atomic E-state index is 0.299. The molecule has 1 aromatic rings. The topological polar surface area (TPSA) is 66.8 Å². The number of hydrogen-bond donors (Lipinski definition) is 4. The fourth-order valence-corrected chi connectivity index (χ4v) is 2.24. The SMILES string of the molecule is C[C@@H](Oc1cccc(Br)c1)C(=O)NNC(=S)NCCC[NH+](C)C. The van der Waals surface area contributed by atoms with Crippen LogP contribution >= 0.6 is 28.1 Å². The molecule has 0 bridgehead atoms. The van der Waals surface area contributed by atoms with Gasteiger partial charge in [-0.2, -0.15) is 0 Å². The summed E-state index contributed by atoms with van der Waals surface area (Å²) in [5.41, 5.74) is 5.21. The second kappa shape index (κ2) is 10.4. The highest BCUT2D eigenvalue weighted by molar-refractivity contribution is 9.10. The second-order valence-electron chi connectivity index (χ2n) is 5.40. The first-order valence-corrected chi connectivity index (χ1v) is 8.63. The average Bonchev–Trinajstić information content (AvgIpc) is 2.49. The zero-order valence-corrected chi connectivity index (χ0v) is 16.0. The molecule has 0 saturated heterocycles. The van der Waals surface area contributed by atoms with E-state index in [1.165, 1.54) is 4.90 Å². The Morgan fingerprint density at radius 3 is 2.78 bits per heavy atom. The van der Waals surface area contributed by atoms with E-state index >= 15 is 0 Å². The van der Waals surface area contributed by atoms with E-state index in [0.29, 0.717) is 10.9 Å². The zero-order chi connectivity index (χ0) is 17.2. The Balaban J connectivity index is 2.25. The summed E-state index contributed by atoms with van der Waals surface area (Å²) in [6.45, 7) is 3.49. The first-order chi connectivity index (χ1) is 10.9. The molecule has 0 radical (unpaired) electrons. The van der Waals surface area contributed by atoms with Crippen molar-refractivity contribution in [1.82, 2.24) is 16.2 Å². The number of ether oxygens (including phenoxy) is 1. The number of hydrogen-bond acceptors (Lipinski definition) is 3. The number of carbonyl (C=O) groups excluding carboxylic acids is 1. The molecule has 0 aliphatic heterocycles. The molecule has 6 nitrogen and oxygen atoms in total. The summed E-state index contributed by atoms with van der Waals surface area (Å²) >= 11 is 8.45. The molecule has 1 aromatic carbocycles. The molecule has 0 aliphatic rings. The number of quaternary nitrogens is 1. The lowest BCUT2D eigenvalue weighted by Gasteiger charge is -2.16. The first kappa shape index (κ1) is 19.7. The third-order valence-electron chi connectivity index (χ3n) is 2.92. The summed E-state index contributed by atoms with van der Waals surface area (Å²) < 4.78 is 6.46. The highest BCUT2D eigenvalue weighted by atomic mass is 79.9. The number of hydrazine groups is 1. The van der Waals surface area contributed by atoms with Crippen LogP contribution in [0.1, 0.15) is 13.3 Å². The van der Waals surface area contributed by atoms with Crippen molar-refractivity contribution in [3.05, 3.63) is 28.7 Å². The van der Waals surface area contributed by atoms with Crippen LogP contribution in [-0.4, -0.2) is 44.3 Å². The van der Waals surface area contributed by atoms with Gasteiger partial charge in [-0.25, -0.2) is 0 Å². The molecular weight excluding hydrogens is 380 g/mol. The van der Waals surface area contributed by atoms with Gasteiger partial charge in [-0.05, 0) is 37.3 Å². The quantitative estimate of drug-likeness (QED) is 0.298. The standard InChI is InChI=1S/C15H23BrN4O2S/c1-11(22-13-7-4-6-12(16)10-13)14(21)18-19-15(23)17-8-5-9-20(2)3/h4,6-7,10-11H,5,8-9H2,1-3H3,(H,18,21)(H2,17,19,23)/p+1/t11-/m1/s1. The lowest BCUT2D eigenvalue weighted by Crippen LogP contribution is -3.05. The molecule has 1 atom stereocenters. The highest BCUT2D eigenvalue weighted by Crippen LogP contribution is 2.18. The second-order valence-corrected chi connectivity index (χ2v) is 6.72. The van der Waals surface area contributed by atoms with Crippen LogP contribution in [0, 0.1) is 0 Å². The predicted molar refractivity (Wildman–Crippen MR) is 98.4 cm³/mol. The Morgan fingerprint density at radius 2 is 2.13 bits per heavy atom. The van der Waals surface area contributed by atoms with Gasteiger partial charge in [0, 0.05) is 17.4 Å². The van der Waals surface area contributed by atoms with Crippen LogP contribution in [0.15, 0.2) is 28.7 Å². The number of halogens is 1. The molecule has 0 saturated carbocycles. The maximum Gasteiger partial charge on any atom is 0.279 e. The Kier molecular flexibility index (Phi) is 8.90. The molecule has 1 rings (SSSR count). The van der Waals surface area contributed by atoms with Gasteiger partial charge in [0.2, 0.25) is 0 Å². The molecule has 0 aliphatic carbocycles. The Hall–Kier alpha value is -1.38. The summed E-state index contributed by atoms with van der Waals surface area (Å²) in [5.74, 6) is 0.320. The van der Waals surface area contributed by atoms with E-state index in [4.69, 9.17) is 17.0 Å². The van der Waals surface area contributed by atoms with Gasteiger partial charge < -0.3 is 15.0 Å². The Morgan fingerprint density at radius 1 is 1.39 bits per heavy atom. The summed E-state index contributed by atoms with van der Waals surface area (Å²) in [5, 5.41) is 3.43. The van der Waals surface area contributed by atoms with Crippen molar-refractivity contribution in [3.63, 3.8) is 0 Å². The van der Waals surface area contributed by atoms with Gasteiger partial charge in [-0.1, -0.05) is 22.0 Å². The molecule has 0 fully saturated rings.